The van der Waals surface area contributed by atoms with Crippen molar-refractivity contribution >= 4 is 23.5 Å². The number of hydrogen-bond acceptors (Lipinski definition) is 5. The van der Waals surface area contributed by atoms with Crippen LogP contribution in [0.5, 0.6) is 0 Å². The van der Waals surface area contributed by atoms with Crippen molar-refractivity contribution in [1.29, 1.82) is 0 Å². The fraction of sp³-hybridized carbons (Fsp3) is 0.458. The van der Waals surface area contributed by atoms with Crippen LogP contribution in [0.2, 0.25) is 0 Å². The molecule has 0 unspecified atom stereocenters. The molecule has 166 valence electrons. The van der Waals surface area contributed by atoms with Crippen LogP contribution in [0, 0.1) is 0 Å². The van der Waals surface area contributed by atoms with Gasteiger partial charge >= 0.3 is 12.0 Å². The van der Waals surface area contributed by atoms with E-state index >= 15 is 0 Å². The van der Waals surface area contributed by atoms with Gasteiger partial charge in [0, 0.05) is 38.1 Å². The van der Waals surface area contributed by atoms with E-state index in [0.29, 0.717) is 31.8 Å². The van der Waals surface area contributed by atoms with Gasteiger partial charge in [-0.2, -0.15) is 0 Å². The van der Waals surface area contributed by atoms with Gasteiger partial charge in [0.05, 0.1) is 12.2 Å². The molecule has 2 amide bonds. The Hall–Kier alpha value is -3.09. The number of hydrogen-bond donors (Lipinski definition) is 1. The third-order valence-corrected chi connectivity index (χ3v) is 5.60. The number of urea groups is 1. The van der Waals surface area contributed by atoms with Crippen molar-refractivity contribution in [2.45, 2.75) is 40.0 Å². The first-order chi connectivity index (χ1) is 15.1. The van der Waals surface area contributed by atoms with E-state index in [1.165, 1.54) is 0 Å². The Balaban J connectivity index is 1.64. The van der Waals surface area contributed by atoms with Gasteiger partial charge < -0.3 is 19.9 Å². The molecule has 7 nitrogen and oxygen atoms in total. The molecular weight excluding hydrogens is 392 g/mol. The molecule has 1 N–H and O–H groups in total. The molecule has 2 heterocycles. The number of nitrogens with one attached hydrogen (secondary N) is 1. The summed E-state index contributed by atoms with van der Waals surface area (Å²) in [5, 5.41) is 3.17. The molecule has 31 heavy (non-hydrogen) atoms. The first kappa shape index (κ1) is 22.6. The molecule has 1 saturated heterocycles. The molecular formula is C24H32N4O3. The molecule has 0 spiro atoms. The summed E-state index contributed by atoms with van der Waals surface area (Å²) >= 11 is 0. The van der Waals surface area contributed by atoms with E-state index in [9.17, 15) is 9.59 Å². The highest BCUT2D eigenvalue weighted by molar-refractivity contribution is 5.91. The molecule has 0 radical (unpaired) electrons. The Morgan fingerprint density at radius 3 is 2.35 bits per heavy atom. The molecule has 1 aliphatic rings. The van der Waals surface area contributed by atoms with E-state index in [0.717, 1.165) is 48.4 Å². The van der Waals surface area contributed by atoms with Crippen molar-refractivity contribution in [3.05, 3.63) is 53.2 Å². The van der Waals surface area contributed by atoms with Crippen molar-refractivity contribution in [1.82, 2.24) is 9.88 Å². The number of benzene rings is 1. The zero-order valence-corrected chi connectivity index (χ0v) is 18.7. The monoisotopic (exact) mass is 424 g/mol. The predicted molar refractivity (Wildman–Crippen MR) is 123 cm³/mol. The van der Waals surface area contributed by atoms with Crippen LogP contribution in [0.3, 0.4) is 0 Å². The highest BCUT2D eigenvalue weighted by atomic mass is 16.5. The number of rotatable bonds is 6. The SMILES string of the molecule is CCOC(=O)c1ccc(N2CCCN(C(=O)Nc3c(CC)cccc3CC)CC2)nc1. The van der Waals surface area contributed by atoms with E-state index in [4.69, 9.17) is 4.74 Å². The van der Waals surface area contributed by atoms with Crippen molar-refractivity contribution in [3.63, 3.8) is 0 Å². The summed E-state index contributed by atoms with van der Waals surface area (Å²) in [6.07, 6.45) is 4.16. The van der Waals surface area contributed by atoms with Crippen LogP contribution < -0.4 is 10.2 Å². The lowest BCUT2D eigenvalue weighted by molar-refractivity contribution is 0.0526. The van der Waals surface area contributed by atoms with Gasteiger partial charge in [-0.3, -0.25) is 0 Å². The number of aromatic nitrogens is 1. The van der Waals surface area contributed by atoms with Gasteiger partial charge in [-0.25, -0.2) is 14.6 Å². The minimum absolute atomic E-state index is 0.0527. The Morgan fingerprint density at radius 1 is 1.00 bits per heavy atom. The van der Waals surface area contributed by atoms with Crippen LogP contribution in [0.15, 0.2) is 36.5 Å². The lowest BCUT2D eigenvalue weighted by atomic mass is 10.0. The van der Waals surface area contributed by atoms with Gasteiger partial charge in [0.15, 0.2) is 0 Å². The zero-order chi connectivity index (χ0) is 22.2. The fourth-order valence-electron chi connectivity index (χ4n) is 3.85. The molecule has 3 rings (SSSR count). The van der Waals surface area contributed by atoms with E-state index in [1.807, 2.05) is 11.0 Å². The second-order valence-electron chi connectivity index (χ2n) is 7.54. The smallest absolute Gasteiger partial charge is 0.339 e. The number of carbonyl (C=O) groups excluding carboxylic acids is 2. The lowest BCUT2D eigenvalue weighted by Gasteiger charge is -2.24. The molecule has 1 aliphatic heterocycles. The number of amides is 2. The normalized spacial score (nSPS) is 14.2. The first-order valence-electron chi connectivity index (χ1n) is 11.1. The van der Waals surface area contributed by atoms with Crippen LogP contribution in [-0.4, -0.2) is 54.7 Å². The second kappa shape index (κ2) is 10.8. The Morgan fingerprint density at radius 2 is 1.74 bits per heavy atom. The first-order valence-corrected chi connectivity index (χ1v) is 11.1. The number of carbonyl (C=O) groups is 2. The van der Waals surface area contributed by atoms with Crippen LogP contribution in [0.1, 0.15) is 48.7 Å². The van der Waals surface area contributed by atoms with E-state index in [-0.39, 0.29) is 12.0 Å². The predicted octanol–water partition coefficient (Wildman–Crippen LogP) is 4.13. The van der Waals surface area contributed by atoms with Gasteiger partial charge in [-0.1, -0.05) is 32.0 Å². The Kier molecular flexibility index (Phi) is 7.87. The van der Waals surface area contributed by atoms with Gasteiger partial charge in [0.1, 0.15) is 5.82 Å². The highest BCUT2D eigenvalue weighted by Gasteiger charge is 2.21. The molecule has 0 aliphatic carbocycles. The fourth-order valence-corrected chi connectivity index (χ4v) is 3.85. The standard InChI is InChI=1S/C24H32N4O3/c1-4-18-9-7-10-19(5-2)22(18)26-24(30)28-14-8-13-27(15-16-28)21-12-11-20(17-25-21)23(29)31-6-3/h7,9-12,17H,4-6,8,13-16H2,1-3H3,(H,26,30). The van der Waals surface area contributed by atoms with Gasteiger partial charge in [-0.15, -0.1) is 0 Å². The Bertz CT molecular complexity index is 876. The topological polar surface area (TPSA) is 74.8 Å². The van der Waals surface area contributed by atoms with Crippen LogP contribution >= 0.6 is 0 Å². The summed E-state index contributed by atoms with van der Waals surface area (Å²) in [4.78, 5) is 33.3. The lowest BCUT2D eigenvalue weighted by Crippen LogP contribution is -2.38. The van der Waals surface area contributed by atoms with Gasteiger partial charge in [-0.05, 0) is 49.4 Å². The largest absolute Gasteiger partial charge is 0.462 e. The second-order valence-corrected chi connectivity index (χ2v) is 7.54. The number of esters is 1. The average molecular weight is 425 g/mol. The van der Waals surface area contributed by atoms with E-state index in [1.54, 1.807) is 19.2 Å². The molecule has 0 bridgehead atoms. The summed E-state index contributed by atoms with van der Waals surface area (Å²) < 4.78 is 5.01. The minimum Gasteiger partial charge on any atom is -0.462 e. The summed E-state index contributed by atoms with van der Waals surface area (Å²) in [5.41, 5.74) is 3.72. The molecule has 1 aromatic heterocycles. The van der Waals surface area contributed by atoms with Crippen molar-refractivity contribution in [3.8, 4) is 0 Å². The summed E-state index contributed by atoms with van der Waals surface area (Å²) in [7, 11) is 0. The maximum atomic E-state index is 13.0. The molecule has 0 saturated carbocycles. The quantitative estimate of drug-likeness (QED) is 0.706. The summed E-state index contributed by atoms with van der Waals surface area (Å²) in [6, 6.07) is 9.73. The van der Waals surface area contributed by atoms with Crippen LogP contribution in [0.25, 0.3) is 0 Å². The maximum Gasteiger partial charge on any atom is 0.339 e. The number of anilines is 2. The van der Waals surface area contributed by atoms with Crippen molar-refractivity contribution < 1.29 is 14.3 Å². The molecule has 1 aromatic carbocycles. The Labute approximate surface area is 184 Å². The summed E-state index contributed by atoms with van der Waals surface area (Å²) in [6.45, 7) is 9.14. The van der Waals surface area contributed by atoms with Crippen molar-refractivity contribution in [2.75, 3.05) is 43.0 Å². The third-order valence-electron chi connectivity index (χ3n) is 5.60. The number of aryl methyl sites for hydroxylation is 2. The maximum absolute atomic E-state index is 13.0. The molecule has 1 fully saturated rings. The number of pyridine rings is 1. The van der Waals surface area contributed by atoms with Crippen LogP contribution in [-0.2, 0) is 17.6 Å². The molecule has 2 aromatic rings. The number of nitrogens with zero attached hydrogens (tertiary/aromatic N) is 3. The third kappa shape index (κ3) is 5.54. The van der Waals surface area contributed by atoms with E-state index < -0.39 is 0 Å². The molecule has 0 atom stereocenters. The van der Waals surface area contributed by atoms with Crippen molar-refractivity contribution in [2.24, 2.45) is 0 Å². The number of ether oxygens (including phenoxy) is 1. The highest BCUT2D eigenvalue weighted by Crippen LogP contribution is 2.23. The summed E-state index contributed by atoms with van der Waals surface area (Å²) in [5.74, 6) is 0.443. The number of para-hydroxylation sites is 1. The molecule has 7 heteroatoms. The minimum atomic E-state index is -0.362. The zero-order valence-electron chi connectivity index (χ0n) is 18.7. The van der Waals surface area contributed by atoms with E-state index in [2.05, 4.69) is 47.2 Å². The van der Waals surface area contributed by atoms with Gasteiger partial charge in [0.2, 0.25) is 0 Å². The van der Waals surface area contributed by atoms with Gasteiger partial charge in [0.25, 0.3) is 0 Å². The van der Waals surface area contributed by atoms with Crippen LogP contribution in [0.4, 0.5) is 16.3 Å². The average Bonchev–Trinajstić information content (AvgIpc) is 3.06.